The number of halogens is 5. The molecule has 0 aromatic heterocycles. The van der Waals surface area contributed by atoms with Crippen molar-refractivity contribution in [1.82, 2.24) is 4.90 Å². The zero-order valence-corrected chi connectivity index (χ0v) is 16.2. The van der Waals surface area contributed by atoms with E-state index in [9.17, 15) is 31.9 Å². The van der Waals surface area contributed by atoms with Gasteiger partial charge < -0.3 is 10.0 Å². The third kappa shape index (κ3) is 4.98. The standard InChI is InChI=1S/C22H22F5NO2/c23-18-6-2-4-16(20(18)24)12-19(30)28-9-7-21(14-29,8-10-28)13-15-3-1-5-17(11-15)22(25,26)27/h1-6,11,29H,7-10,12-14H2. The predicted molar refractivity (Wildman–Crippen MR) is 101 cm³/mol. The number of carbonyl (C=O) groups is 1. The SMILES string of the molecule is O=C(Cc1cccc(F)c1F)N1CCC(CO)(Cc2cccc(C(F)(F)F)c2)CC1. The van der Waals surface area contributed by atoms with Crippen molar-refractivity contribution in [2.24, 2.45) is 5.41 Å². The van der Waals surface area contributed by atoms with Gasteiger partial charge in [0.1, 0.15) is 0 Å². The average Bonchev–Trinajstić information content (AvgIpc) is 2.71. The van der Waals surface area contributed by atoms with Gasteiger partial charge in [0, 0.05) is 30.7 Å². The van der Waals surface area contributed by atoms with Crippen LogP contribution in [0.3, 0.4) is 0 Å². The summed E-state index contributed by atoms with van der Waals surface area (Å²) in [5.41, 5.74) is -0.924. The van der Waals surface area contributed by atoms with Crippen LogP contribution in [-0.2, 0) is 23.8 Å². The molecule has 0 unspecified atom stereocenters. The Morgan fingerprint density at radius 3 is 2.37 bits per heavy atom. The Hall–Kier alpha value is -2.48. The Labute approximate surface area is 171 Å². The number of nitrogens with zero attached hydrogens (tertiary/aromatic N) is 1. The van der Waals surface area contributed by atoms with Gasteiger partial charge in [-0.15, -0.1) is 0 Å². The summed E-state index contributed by atoms with van der Waals surface area (Å²) in [4.78, 5) is 14.0. The van der Waals surface area contributed by atoms with Gasteiger partial charge in [-0.3, -0.25) is 4.79 Å². The van der Waals surface area contributed by atoms with Crippen LogP contribution in [0.1, 0.15) is 29.5 Å². The summed E-state index contributed by atoms with van der Waals surface area (Å²) >= 11 is 0. The molecule has 0 atom stereocenters. The quantitative estimate of drug-likeness (QED) is 0.720. The molecule has 0 radical (unpaired) electrons. The fourth-order valence-electron chi connectivity index (χ4n) is 3.87. The normalized spacial score (nSPS) is 16.5. The van der Waals surface area contributed by atoms with E-state index in [0.29, 0.717) is 18.4 Å². The van der Waals surface area contributed by atoms with Gasteiger partial charge in [0.25, 0.3) is 0 Å². The molecule has 0 saturated carbocycles. The lowest BCUT2D eigenvalue weighted by atomic mass is 9.74. The highest BCUT2D eigenvalue weighted by Crippen LogP contribution is 2.37. The highest BCUT2D eigenvalue weighted by molar-refractivity contribution is 5.79. The zero-order valence-electron chi connectivity index (χ0n) is 16.2. The second kappa shape index (κ2) is 8.71. The maximum atomic E-state index is 13.8. The molecule has 0 spiro atoms. The largest absolute Gasteiger partial charge is 0.416 e. The van der Waals surface area contributed by atoms with Gasteiger partial charge in [-0.1, -0.05) is 30.3 Å². The highest BCUT2D eigenvalue weighted by atomic mass is 19.4. The Kier molecular flexibility index (Phi) is 6.45. The van der Waals surface area contributed by atoms with Crippen LogP contribution in [0.15, 0.2) is 42.5 Å². The first kappa shape index (κ1) is 22.2. The van der Waals surface area contributed by atoms with Gasteiger partial charge in [0.2, 0.25) is 5.91 Å². The Balaban J connectivity index is 1.65. The van der Waals surface area contributed by atoms with Crippen molar-refractivity contribution in [3.05, 3.63) is 70.8 Å². The summed E-state index contributed by atoms with van der Waals surface area (Å²) in [5.74, 6) is -2.42. The Morgan fingerprint density at radius 1 is 1.07 bits per heavy atom. The first-order valence-corrected chi connectivity index (χ1v) is 9.61. The number of hydrogen-bond acceptors (Lipinski definition) is 2. The van der Waals surface area contributed by atoms with Crippen molar-refractivity contribution in [3.8, 4) is 0 Å². The molecule has 0 bridgehead atoms. The number of hydrogen-bond donors (Lipinski definition) is 1. The number of amides is 1. The molecular weight excluding hydrogens is 405 g/mol. The Bertz CT molecular complexity index is 905. The smallest absolute Gasteiger partial charge is 0.396 e. The molecule has 1 heterocycles. The molecule has 30 heavy (non-hydrogen) atoms. The molecule has 8 heteroatoms. The number of benzene rings is 2. The van der Waals surface area contributed by atoms with Gasteiger partial charge in [0.15, 0.2) is 11.6 Å². The van der Waals surface area contributed by atoms with Crippen molar-refractivity contribution in [2.75, 3.05) is 19.7 Å². The van der Waals surface area contributed by atoms with Crippen LogP contribution < -0.4 is 0 Å². The van der Waals surface area contributed by atoms with Crippen LogP contribution in [0.2, 0.25) is 0 Å². The van der Waals surface area contributed by atoms with E-state index in [4.69, 9.17) is 0 Å². The Morgan fingerprint density at radius 2 is 1.73 bits per heavy atom. The first-order valence-electron chi connectivity index (χ1n) is 9.61. The van der Waals surface area contributed by atoms with Crippen LogP contribution in [0.25, 0.3) is 0 Å². The number of carbonyl (C=O) groups excluding carboxylic acids is 1. The minimum Gasteiger partial charge on any atom is -0.396 e. The topological polar surface area (TPSA) is 40.5 Å². The maximum absolute atomic E-state index is 13.8. The lowest BCUT2D eigenvalue weighted by molar-refractivity contribution is -0.137. The third-order valence-electron chi connectivity index (χ3n) is 5.72. The van der Waals surface area contributed by atoms with Crippen LogP contribution >= 0.6 is 0 Å². The van der Waals surface area contributed by atoms with Crippen LogP contribution in [-0.4, -0.2) is 35.6 Å². The number of likely N-dealkylation sites (tertiary alicyclic amines) is 1. The molecule has 1 amide bonds. The monoisotopic (exact) mass is 427 g/mol. The van der Waals surface area contributed by atoms with Crippen molar-refractivity contribution in [3.63, 3.8) is 0 Å². The number of rotatable bonds is 5. The van der Waals surface area contributed by atoms with Crippen molar-refractivity contribution >= 4 is 5.91 Å². The molecule has 0 aliphatic carbocycles. The van der Waals surface area contributed by atoms with E-state index in [2.05, 4.69) is 0 Å². The minimum atomic E-state index is -4.44. The lowest BCUT2D eigenvalue weighted by Gasteiger charge is -2.41. The fraction of sp³-hybridized carbons (Fsp3) is 0.409. The van der Waals surface area contributed by atoms with E-state index < -0.39 is 28.8 Å². The number of aliphatic hydroxyl groups excluding tert-OH is 1. The molecule has 3 rings (SSSR count). The minimum absolute atomic E-state index is 0.0250. The van der Waals surface area contributed by atoms with E-state index in [1.807, 2.05) is 0 Å². The summed E-state index contributed by atoms with van der Waals surface area (Å²) in [5, 5.41) is 9.94. The summed E-state index contributed by atoms with van der Waals surface area (Å²) in [7, 11) is 0. The number of alkyl halides is 3. The molecule has 1 fully saturated rings. The lowest BCUT2D eigenvalue weighted by Crippen LogP contribution is -2.46. The molecule has 2 aromatic carbocycles. The number of piperidine rings is 1. The van der Waals surface area contributed by atoms with Crippen LogP contribution in [0.4, 0.5) is 22.0 Å². The van der Waals surface area contributed by atoms with E-state index >= 15 is 0 Å². The molecule has 162 valence electrons. The predicted octanol–water partition coefficient (Wildman–Crippen LogP) is 4.37. The zero-order chi connectivity index (χ0) is 21.9. The van der Waals surface area contributed by atoms with Crippen LogP contribution in [0, 0.1) is 17.0 Å². The highest BCUT2D eigenvalue weighted by Gasteiger charge is 2.37. The second-order valence-corrected chi connectivity index (χ2v) is 7.80. The van der Waals surface area contributed by atoms with Crippen molar-refractivity contribution < 1.29 is 31.9 Å². The number of aliphatic hydroxyl groups is 1. The fourth-order valence-corrected chi connectivity index (χ4v) is 3.87. The van der Waals surface area contributed by atoms with Gasteiger partial charge >= 0.3 is 6.18 Å². The molecule has 2 aromatic rings. The van der Waals surface area contributed by atoms with E-state index in [1.54, 1.807) is 6.07 Å². The molecule has 1 aliphatic heterocycles. The molecule has 3 nitrogen and oxygen atoms in total. The van der Waals surface area contributed by atoms with E-state index in [0.717, 1.165) is 18.2 Å². The van der Waals surface area contributed by atoms with Gasteiger partial charge in [-0.05, 0) is 37.0 Å². The summed E-state index contributed by atoms with van der Waals surface area (Å²) in [6.07, 6.45) is -3.66. The summed E-state index contributed by atoms with van der Waals surface area (Å²) < 4.78 is 66.0. The van der Waals surface area contributed by atoms with Gasteiger partial charge in [-0.25, -0.2) is 8.78 Å². The average molecular weight is 427 g/mol. The van der Waals surface area contributed by atoms with E-state index in [-0.39, 0.29) is 44.0 Å². The summed E-state index contributed by atoms with van der Waals surface area (Å²) in [6, 6.07) is 8.69. The molecule has 1 N–H and O–H groups in total. The van der Waals surface area contributed by atoms with Crippen molar-refractivity contribution in [2.45, 2.75) is 31.9 Å². The van der Waals surface area contributed by atoms with Crippen LogP contribution in [0.5, 0.6) is 0 Å². The molecule has 1 saturated heterocycles. The molecule has 1 aliphatic rings. The van der Waals surface area contributed by atoms with Gasteiger partial charge in [0.05, 0.1) is 12.0 Å². The van der Waals surface area contributed by atoms with Crippen molar-refractivity contribution in [1.29, 1.82) is 0 Å². The summed E-state index contributed by atoms with van der Waals surface area (Å²) in [6.45, 7) is 0.356. The molecular formula is C22H22F5NO2. The first-order chi connectivity index (χ1) is 14.1. The van der Waals surface area contributed by atoms with E-state index in [1.165, 1.54) is 23.1 Å². The third-order valence-corrected chi connectivity index (χ3v) is 5.72. The maximum Gasteiger partial charge on any atom is 0.416 e. The second-order valence-electron chi connectivity index (χ2n) is 7.80. The van der Waals surface area contributed by atoms with Gasteiger partial charge in [-0.2, -0.15) is 13.2 Å².